The highest BCUT2D eigenvalue weighted by Crippen LogP contribution is 2.14. The van der Waals surface area contributed by atoms with Gasteiger partial charge in [-0.25, -0.2) is 0 Å². The molecule has 0 aliphatic heterocycles. The van der Waals surface area contributed by atoms with Crippen LogP contribution in [-0.4, -0.2) is 82.3 Å². The summed E-state index contributed by atoms with van der Waals surface area (Å²) in [6.07, 6.45) is 55.4. The first-order valence-electron chi connectivity index (χ1n) is 26.4. The molecule has 2 unspecified atom stereocenters. The minimum atomic E-state index is -1.63. The highest BCUT2D eigenvalue weighted by molar-refractivity contribution is 5.70. The lowest BCUT2D eigenvalue weighted by Gasteiger charge is -2.26. The second kappa shape index (κ2) is 47.5. The number of ether oxygens (including phenoxy) is 4. The third kappa shape index (κ3) is 48.7. The number of nitrogens with zero attached hydrogens (tertiary/aromatic N) is 1. The maximum atomic E-state index is 12.8. The highest BCUT2D eigenvalue weighted by atomic mass is 16.7. The summed E-state index contributed by atoms with van der Waals surface area (Å²) in [5.41, 5.74) is 0. The smallest absolute Gasteiger partial charge is 0.306 e. The number of hydrogen-bond acceptors (Lipinski definition) is 8. The van der Waals surface area contributed by atoms with Gasteiger partial charge in [-0.3, -0.25) is 9.59 Å². The number of quaternary nitrogens is 1. The van der Waals surface area contributed by atoms with Crippen LogP contribution in [0.4, 0.5) is 0 Å². The van der Waals surface area contributed by atoms with E-state index in [0.717, 1.165) is 83.5 Å². The van der Waals surface area contributed by atoms with Crippen LogP contribution in [0.25, 0.3) is 0 Å². The zero-order valence-corrected chi connectivity index (χ0v) is 42.6. The summed E-state index contributed by atoms with van der Waals surface area (Å²) in [7, 11) is 5.91. The molecule has 376 valence electrons. The molecule has 0 radical (unpaired) electrons. The lowest BCUT2D eigenvalue weighted by molar-refractivity contribution is -0.870. The molecule has 0 bridgehead atoms. The Bertz CT molecular complexity index is 1250. The van der Waals surface area contributed by atoms with Gasteiger partial charge in [-0.1, -0.05) is 184 Å². The molecule has 9 heteroatoms. The van der Waals surface area contributed by atoms with E-state index in [0.29, 0.717) is 17.4 Å². The van der Waals surface area contributed by atoms with Crippen LogP contribution in [0.5, 0.6) is 0 Å². The van der Waals surface area contributed by atoms with Gasteiger partial charge in [0.25, 0.3) is 0 Å². The van der Waals surface area contributed by atoms with Crippen molar-refractivity contribution in [2.75, 3.05) is 47.5 Å². The number of hydrogen-bond donors (Lipinski definition) is 0. The molecule has 2 atom stereocenters. The normalized spacial score (nSPS) is 13.3. The molecule has 0 aromatic carbocycles. The van der Waals surface area contributed by atoms with E-state index in [1.54, 1.807) is 0 Å². The number of esters is 2. The molecule has 0 N–H and O–H groups in total. The van der Waals surface area contributed by atoms with Crippen molar-refractivity contribution in [3.8, 4) is 0 Å². The third-order valence-electron chi connectivity index (χ3n) is 11.2. The monoisotopic (exact) mass is 914 g/mol. The van der Waals surface area contributed by atoms with Crippen molar-refractivity contribution in [1.82, 2.24) is 0 Å². The first-order valence-corrected chi connectivity index (χ1v) is 26.4. The fourth-order valence-electron chi connectivity index (χ4n) is 7.10. The predicted octanol–water partition coefficient (Wildman–Crippen LogP) is 13.6. The van der Waals surface area contributed by atoms with Crippen LogP contribution in [0.2, 0.25) is 0 Å². The van der Waals surface area contributed by atoms with Crippen LogP contribution in [0.1, 0.15) is 219 Å². The van der Waals surface area contributed by atoms with Gasteiger partial charge >= 0.3 is 11.9 Å². The zero-order chi connectivity index (χ0) is 47.7. The number of aliphatic carboxylic acids is 1. The number of likely N-dealkylation sites (N-methyl/N-ethyl adjacent to an activating group) is 1. The third-order valence-corrected chi connectivity index (χ3v) is 11.2. The summed E-state index contributed by atoms with van der Waals surface area (Å²) in [4.78, 5) is 37.1. The minimum absolute atomic E-state index is 0.142. The van der Waals surface area contributed by atoms with Crippen LogP contribution in [-0.2, 0) is 33.3 Å². The van der Waals surface area contributed by atoms with Crippen molar-refractivity contribution in [3.63, 3.8) is 0 Å². The van der Waals surface area contributed by atoms with Gasteiger partial charge in [0.1, 0.15) is 13.2 Å². The number of carbonyl (C=O) groups is 3. The Morgan fingerprint density at radius 1 is 0.462 bits per heavy atom. The van der Waals surface area contributed by atoms with Crippen molar-refractivity contribution in [1.29, 1.82) is 0 Å². The van der Waals surface area contributed by atoms with Crippen molar-refractivity contribution in [2.24, 2.45) is 0 Å². The Hall–Kier alpha value is -3.01. The number of carboxylic acid groups (broad SMARTS) is 1. The summed E-state index contributed by atoms with van der Waals surface area (Å²) in [5, 5.41) is 11.7. The summed E-state index contributed by atoms with van der Waals surface area (Å²) >= 11 is 0. The molecule has 0 aromatic heterocycles. The number of allylic oxidation sites excluding steroid dienone is 10. The number of unbranched alkanes of at least 4 members (excludes halogenated alkanes) is 23. The summed E-state index contributed by atoms with van der Waals surface area (Å²) in [6.45, 7) is 4.69. The molecule has 0 rings (SSSR count). The Balaban J connectivity index is 4.32. The molecule has 0 aliphatic rings. The summed E-state index contributed by atoms with van der Waals surface area (Å²) < 4.78 is 22.6. The molecule has 0 saturated heterocycles. The standard InChI is InChI=1S/C56H99NO8/c1-6-8-10-12-14-16-18-20-22-23-24-25-26-27-28-29-30-31-33-35-37-39-41-43-45-47-54(59)65-52(51-64-56(55(60)61)62-49-48-57(3,4)5)50-63-53(58)46-44-42-40-38-36-34-32-21-19-17-15-13-11-9-7-2/h15,17-18,20-21,23-24,26-27,32,52,56H,6-14,16,19,22,25,28-31,33-51H2,1-5H3/b17-15-,20-18-,24-23-,27-26-,32-21-. The van der Waals surface area contributed by atoms with E-state index in [4.69, 9.17) is 18.9 Å². The number of carboxylic acids is 1. The van der Waals surface area contributed by atoms with Gasteiger partial charge in [0.05, 0.1) is 40.3 Å². The molecule has 0 aliphatic carbocycles. The van der Waals surface area contributed by atoms with E-state index in [2.05, 4.69) is 74.6 Å². The van der Waals surface area contributed by atoms with Crippen molar-refractivity contribution in [3.05, 3.63) is 60.8 Å². The number of carbonyl (C=O) groups excluding carboxylic acids is 3. The van der Waals surface area contributed by atoms with Crippen LogP contribution < -0.4 is 5.11 Å². The van der Waals surface area contributed by atoms with Gasteiger partial charge in [0.15, 0.2) is 12.4 Å². The average molecular weight is 914 g/mol. The second-order valence-corrected chi connectivity index (χ2v) is 18.8. The Kier molecular flexibility index (Phi) is 45.3. The van der Waals surface area contributed by atoms with E-state index in [9.17, 15) is 19.5 Å². The van der Waals surface area contributed by atoms with Gasteiger partial charge in [0, 0.05) is 12.8 Å². The molecule has 9 nitrogen and oxygen atoms in total. The molecule has 0 heterocycles. The molecule has 0 amide bonds. The maximum Gasteiger partial charge on any atom is 0.306 e. The fourth-order valence-corrected chi connectivity index (χ4v) is 7.10. The fraction of sp³-hybridized carbons (Fsp3) is 0.768. The van der Waals surface area contributed by atoms with E-state index < -0.39 is 24.3 Å². The average Bonchev–Trinajstić information content (AvgIpc) is 3.27. The SMILES string of the molecule is CCCCC/C=C\C/C=C\CCCCCCCC(=O)OCC(COC(OCC[N+](C)(C)C)C(=O)[O-])OC(=O)CCCCCCCCCCCC/C=C\C/C=C\C/C=C\CCCCCCC. The molecule has 0 fully saturated rings. The lowest BCUT2D eigenvalue weighted by atomic mass is 10.0. The first-order chi connectivity index (χ1) is 31.6. The van der Waals surface area contributed by atoms with E-state index in [1.165, 1.54) is 103 Å². The number of rotatable bonds is 48. The van der Waals surface area contributed by atoms with Crippen molar-refractivity contribution < 1.29 is 42.9 Å². The van der Waals surface area contributed by atoms with E-state index in [1.807, 2.05) is 21.1 Å². The maximum absolute atomic E-state index is 12.8. The molecule has 0 aromatic rings. The van der Waals surface area contributed by atoms with Crippen LogP contribution in [0, 0.1) is 0 Å². The Morgan fingerprint density at radius 3 is 1.26 bits per heavy atom. The molecule has 0 spiro atoms. The lowest BCUT2D eigenvalue weighted by Crippen LogP contribution is -2.44. The summed E-state index contributed by atoms with van der Waals surface area (Å²) in [5.74, 6) is -2.31. The van der Waals surface area contributed by atoms with E-state index in [-0.39, 0.29) is 38.6 Å². The van der Waals surface area contributed by atoms with Gasteiger partial charge in [-0.05, 0) is 83.5 Å². The van der Waals surface area contributed by atoms with Crippen LogP contribution >= 0.6 is 0 Å². The molecular weight excluding hydrogens is 815 g/mol. The minimum Gasteiger partial charge on any atom is -0.545 e. The topological polar surface area (TPSA) is 111 Å². The van der Waals surface area contributed by atoms with Crippen molar-refractivity contribution >= 4 is 17.9 Å². The molecular formula is C56H99NO8. The first kappa shape index (κ1) is 62.0. The Morgan fingerprint density at radius 2 is 0.831 bits per heavy atom. The quantitative estimate of drug-likeness (QED) is 0.0195. The Labute approximate surface area is 399 Å². The van der Waals surface area contributed by atoms with E-state index >= 15 is 0 Å². The predicted molar refractivity (Wildman–Crippen MR) is 269 cm³/mol. The summed E-state index contributed by atoms with van der Waals surface area (Å²) in [6, 6.07) is 0. The van der Waals surface area contributed by atoms with Crippen molar-refractivity contribution in [2.45, 2.75) is 232 Å². The molecule has 65 heavy (non-hydrogen) atoms. The second-order valence-electron chi connectivity index (χ2n) is 18.8. The van der Waals surface area contributed by atoms with Gasteiger partial charge < -0.3 is 33.3 Å². The zero-order valence-electron chi connectivity index (χ0n) is 42.6. The van der Waals surface area contributed by atoms with Gasteiger partial charge in [-0.2, -0.15) is 0 Å². The highest BCUT2D eigenvalue weighted by Gasteiger charge is 2.22. The largest absolute Gasteiger partial charge is 0.545 e. The van der Waals surface area contributed by atoms with Gasteiger partial charge in [0.2, 0.25) is 0 Å². The van der Waals surface area contributed by atoms with Crippen LogP contribution in [0.15, 0.2) is 60.8 Å². The molecule has 0 saturated carbocycles. The van der Waals surface area contributed by atoms with Crippen LogP contribution in [0.3, 0.4) is 0 Å². The van der Waals surface area contributed by atoms with Gasteiger partial charge in [-0.15, -0.1) is 0 Å².